The van der Waals surface area contributed by atoms with Crippen LogP contribution in [0, 0.1) is 23.4 Å². The number of hydrogen-bond donors (Lipinski definition) is 3. The Morgan fingerprint density at radius 2 is 1.73 bits per heavy atom. The van der Waals surface area contributed by atoms with Gasteiger partial charge in [-0.15, -0.1) is 0 Å². The Balaban J connectivity index is 1.42. The normalized spacial score (nSPS) is 26.1. The first kappa shape index (κ1) is 29.3. The van der Waals surface area contributed by atoms with Crippen molar-refractivity contribution in [1.82, 2.24) is 9.97 Å². The lowest BCUT2D eigenvalue weighted by atomic mass is 9.68. The van der Waals surface area contributed by atoms with Crippen molar-refractivity contribution in [2.75, 3.05) is 13.2 Å². The molecule has 1 aromatic carbocycles. The highest BCUT2D eigenvalue weighted by Crippen LogP contribution is 2.43. The Morgan fingerprint density at radius 1 is 1.05 bits per heavy atom. The highest BCUT2D eigenvalue weighted by atomic mass is 19.1. The van der Waals surface area contributed by atoms with E-state index in [4.69, 9.17) is 4.74 Å². The summed E-state index contributed by atoms with van der Waals surface area (Å²) < 4.78 is 50.6. The van der Waals surface area contributed by atoms with Crippen LogP contribution in [0.1, 0.15) is 72.6 Å². The number of rotatable bonds is 6. The van der Waals surface area contributed by atoms with E-state index >= 15 is 8.78 Å². The molecule has 0 bridgehead atoms. The SMILES string of the molecule is C[C@H]1C[C@@H](c2ccncc2CC(=O)c2ccc(F)c(-c3c(F)cc(C4(O)CCOCC4)cc3F)n2)C[C@@H](O)[C@]1(C)O. The molecule has 5 rings (SSSR count). The van der Waals surface area contributed by atoms with Crippen molar-refractivity contribution < 1.29 is 38.0 Å². The third-order valence-electron chi connectivity index (χ3n) is 8.82. The van der Waals surface area contributed by atoms with Crippen molar-refractivity contribution >= 4 is 5.78 Å². The minimum atomic E-state index is -1.47. The number of nitrogens with zero attached hydrogens (tertiary/aromatic N) is 2. The van der Waals surface area contributed by atoms with Gasteiger partial charge >= 0.3 is 0 Å². The lowest BCUT2D eigenvalue weighted by Crippen LogP contribution is -2.49. The maximum absolute atomic E-state index is 15.2. The Labute approximate surface area is 236 Å². The molecule has 1 aliphatic carbocycles. The predicted octanol–water partition coefficient (Wildman–Crippen LogP) is 4.61. The highest BCUT2D eigenvalue weighted by molar-refractivity contribution is 5.96. The number of carbonyl (C=O) groups excluding carboxylic acids is 1. The molecule has 2 fully saturated rings. The molecular weight excluding hydrogens is 537 g/mol. The van der Waals surface area contributed by atoms with Crippen molar-refractivity contribution in [3.05, 3.63) is 82.6 Å². The number of hydrogen-bond acceptors (Lipinski definition) is 7. The van der Waals surface area contributed by atoms with Crippen molar-refractivity contribution in [3.8, 4) is 11.3 Å². The lowest BCUT2D eigenvalue weighted by molar-refractivity contribution is -0.123. The van der Waals surface area contributed by atoms with Crippen molar-refractivity contribution in [2.24, 2.45) is 5.92 Å². The molecule has 1 aliphatic heterocycles. The molecule has 3 aromatic rings. The monoisotopic (exact) mass is 570 g/mol. The molecule has 4 atom stereocenters. The zero-order chi connectivity index (χ0) is 29.5. The zero-order valence-corrected chi connectivity index (χ0v) is 22.9. The number of ether oxygens (including phenoxy) is 1. The molecular formula is C31H33F3N2O5. The minimum Gasteiger partial charge on any atom is -0.390 e. The summed E-state index contributed by atoms with van der Waals surface area (Å²) >= 11 is 0. The molecule has 0 unspecified atom stereocenters. The standard InChI is InChI=1S/C31H33F3N2O5/c1-17-11-18(13-27(38)30(17,2)39)21-5-8-35-16-19(21)12-26(37)25-4-3-22(32)29(36-25)28-23(33)14-20(15-24(28)34)31(40)6-9-41-10-7-31/h3-5,8,14-18,27,38-40H,6-7,9-13H2,1-2H3/t17-,18+,27+,30+/m0/s1. The van der Waals surface area contributed by atoms with Gasteiger partial charge in [-0.05, 0) is 78.6 Å². The first-order valence-electron chi connectivity index (χ1n) is 13.7. The van der Waals surface area contributed by atoms with Crippen molar-refractivity contribution in [1.29, 1.82) is 0 Å². The van der Waals surface area contributed by atoms with Gasteiger partial charge in [0.15, 0.2) is 5.78 Å². The molecule has 41 heavy (non-hydrogen) atoms. The summed E-state index contributed by atoms with van der Waals surface area (Å²) in [7, 11) is 0. The Bertz CT molecular complexity index is 1420. The molecule has 2 aliphatic rings. The van der Waals surface area contributed by atoms with E-state index in [0.29, 0.717) is 18.4 Å². The summed E-state index contributed by atoms with van der Waals surface area (Å²) in [6.45, 7) is 3.95. The molecule has 0 radical (unpaired) electrons. The van der Waals surface area contributed by atoms with Gasteiger partial charge in [0, 0.05) is 44.9 Å². The van der Waals surface area contributed by atoms with Crippen LogP contribution in [0.5, 0.6) is 0 Å². The zero-order valence-electron chi connectivity index (χ0n) is 22.9. The molecule has 3 N–H and O–H groups in total. The van der Waals surface area contributed by atoms with Crippen LogP contribution < -0.4 is 0 Å². The Hall–Kier alpha value is -3.18. The Kier molecular flexibility index (Phi) is 8.04. The van der Waals surface area contributed by atoms with Crippen LogP contribution in [0.4, 0.5) is 13.2 Å². The highest BCUT2D eigenvalue weighted by Gasteiger charge is 2.43. The third-order valence-corrected chi connectivity index (χ3v) is 8.82. The van der Waals surface area contributed by atoms with E-state index in [-0.39, 0.29) is 55.6 Å². The van der Waals surface area contributed by atoms with Gasteiger partial charge in [0.1, 0.15) is 28.8 Å². The van der Waals surface area contributed by atoms with E-state index in [1.807, 2.05) is 6.92 Å². The number of carbonyl (C=O) groups is 1. The number of ketones is 1. The van der Waals surface area contributed by atoms with Crippen LogP contribution in [0.25, 0.3) is 11.3 Å². The number of aliphatic hydroxyl groups excluding tert-OH is 1. The molecule has 0 spiro atoms. The summed E-state index contributed by atoms with van der Waals surface area (Å²) in [5, 5.41) is 32.0. The molecule has 218 valence electrons. The number of pyridine rings is 2. The van der Waals surface area contributed by atoms with E-state index in [1.165, 1.54) is 0 Å². The number of Topliss-reactive ketones (excluding diaryl/α,β-unsaturated/α-hetero) is 1. The van der Waals surface area contributed by atoms with Crippen molar-refractivity contribution in [2.45, 2.75) is 69.2 Å². The van der Waals surface area contributed by atoms with E-state index < -0.39 is 51.8 Å². The van der Waals surface area contributed by atoms with E-state index in [0.717, 1.165) is 29.8 Å². The number of aliphatic hydroxyl groups is 3. The average Bonchev–Trinajstić information content (AvgIpc) is 2.93. The van der Waals surface area contributed by atoms with Crippen LogP contribution in [-0.2, 0) is 16.8 Å². The number of benzene rings is 1. The topological polar surface area (TPSA) is 113 Å². The molecule has 1 saturated carbocycles. The molecule has 10 heteroatoms. The number of halogens is 3. The summed E-state index contributed by atoms with van der Waals surface area (Å²) in [5.41, 5.74) is -2.82. The second-order valence-electron chi connectivity index (χ2n) is 11.5. The summed E-state index contributed by atoms with van der Waals surface area (Å²) in [6, 6.07) is 5.82. The first-order valence-corrected chi connectivity index (χ1v) is 13.7. The second kappa shape index (κ2) is 11.2. The maximum atomic E-state index is 15.2. The van der Waals surface area contributed by atoms with Crippen molar-refractivity contribution in [3.63, 3.8) is 0 Å². The molecule has 0 amide bonds. The van der Waals surface area contributed by atoms with Gasteiger partial charge in [-0.25, -0.2) is 18.2 Å². The largest absolute Gasteiger partial charge is 0.390 e. The fraction of sp³-hybridized carbons (Fsp3) is 0.452. The van der Waals surface area contributed by atoms with E-state index in [2.05, 4.69) is 9.97 Å². The molecule has 7 nitrogen and oxygen atoms in total. The van der Waals surface area contributed by atoms with Gasteiger partial charge in [-0.2, -0.15) is 0 Å². The fourth-order valence-electron chi connectivity index (χ4n) is 5.94. The smallest absolute Gasteiger partial charge is 0.185 e. The fourth-order valence-corrected chi connectivity index (χ4v) is 5.94. The molecule has 2 aromatic heterocycles. The maximum Gasteiger partial charge on any atom is 0.185 e. The lowest BCUT2D eigenvalue weighted by Gasteiger charge is -2.43. The van der Waals surface area contributed by atoms with Gasteiger partial charge in [0.25, 0.3) is 0 Å². The third kappa shape index (κ3) is 5.66. The summed E-state index contributed by atoms with van der Waals surface area (Å²) in [5.74, 6) is -4.05. The summed E-state index contributed by atoms with van der Waals surface area (Å²) in [4.78, 5) is 21.5. The molecule has 3 heterocycles. The van der Waals surface area contributed by atoms with Crippen LogP contribution in [0.15, 0.2) is 42.7 Å². The van der Waals surface area contributed by atoms with E-state index in [9.17, 15) is 24.5 Å². The van der Waals surface area contributed by atoms with E-state index in [1.54, 1.807) is 25.4 Å². The average molecular weight is 571 g/mol. The second-order valence-corrected chi connectivity index (χ2v) is 11.5. The van der Waals surface area contributed by atoms with Gasteiger partial charge < -0.3 is 20.1 Å². The Morgan fingerprint density at radius 3 is 2.39 bits per heavy atom. The first-order chi connectivity index (χ1) is 19.4. The van der Waals surface area contributed by atoms with Gasteiger partial charge in [0.2, 0.25) is 0 Å². The summed E-state index contributed by atoms with van der Waals surface area (Å²) in [6.07, 6.45) is 3.25. The van der Waals surface area contributed by atoms with Gasteiger partial charge in [0.05, 0.1) is 22.9 Å². The molecule has 1 saturated heterocycles. The van der Waals surface area contributed by atoms with Crippen LogP contribution in [0.2, 0.25) is 0 Å². The van der Waals surface area contributed by atoms with Crippen LogP contribution in [-0.4, -0.2) is 56.0 Å². The number of aromatic nitrogens is 2. The van der Waals surface area contributed by atoms with Crippen LogP contribution >= 0.6 is 0 Å². The predicted molar refractivity (Wildman–Crippen MR) is 144 cm³/mol. The van der Waals surface area contributed by atoms with Gasteiger partial charge in [-0.1, -0.05) is 6.92 Å². The quantitative estimate of drug-likeness (QED) is 0.371. The van der Waals surface area contributed by atoms with Gasteiger partial charge in [-0.3, -0.25) is 9.78 Å². The minimum absolute atomic E-state index is 0.0277. The van der Waals surface area contributed by atoms with Crippen LogP contribution in [0.3, 0.4) is 0 Å².